The molecule has 1 aromatic carbocycles. The number of fused-ring (bicyclic) bond motifs is 1. The number of hydrogen-bond donors (Lipinski definition) is 0. The number of nitrogens with zero attached hydrogens (tertiary/aromatic N) is 2. The van der Waals surface area contributed by atoms with Crippen LogP contribution in [0.3, 0.4) is 0 Å². The molecule has 0 saturated heterocycles. The summed E-state index contributed by atoms with van der Waals surface area (Å²) >= 11 is 0. The number of carbonyl (C=O) groups excluding carboxylic acids is 1. The van der Waals surface area contributed by atoms with Gasteiger partial charge in [-0.25, -0.2) is 0 Å². The predicted molar refractivity (Wildman–Crippen MR) is 90.6 cm³/mol. The van der Waals surface area contributed by atoms with E-state index in [0.717, 1.165) is 43.8 Å². The number of rotatable bonds is 6. The van der Waals surface area contributed by atoms with Gasteiger partial charge in [0.2, 0.25) is 5.91 Å². The highest BCUT2D eigenvalue weighted by Crippen LogP contribution is 2.30. The van der Waals surface area contributed by atoms with E-state index in [9.17, 15) is 4.79 Å². The van der Waals surface area contributed by atoms with Gasteiger partial charge in [0.25, 0.3) is 0 Å². The van der Waals surface area contributed by atoms with E-state index in [0.29, 0.717) is 12.5 Å². The number of hydrogen-bond acceptors (Lipinski definition) is 3. The van der Waals surface area contributed by atoms with E-state index in [1.54, 1.807) is 7.11 Å². The molecule has 1 aromatic rings. The Kier molecular flexibility index (Phi) is 5.83. The highest BCUT2D eigenvalue weighted by Gasteiger charge is 2.23. The molecule has 0 spiro atoms. The molecule has 22 heavy (non-hydrogen) atoms. The van der Waals surface area contributed by atoms with Gasteiger partial charge in [0.15, 0.2) is 0 Å². The van der Waals surface area contributed by atoms with Crippen LogP contribution >= 0.6 is 0 Å². The van der Waals surface area contributed by atoms with Gasteiger partial charge in [0, 0.05) is 12.2 Å². The van der Waals surface area contributed by atoms with Crippen molar-refractivity contribution in [3.05, 3.63) is 23.8 Å². The lowest BCUT2D eigenvalue weighted by Gasteiger charge is -2.31. The van der Waals surface area contributed by atoms with Gasteiger partial charge < -0.3 is 9.64 Å². The van der Waals surface area contributed by atoms with Crippen molar-refractivity contribution in [3.63, 3.8) is 0 Å². The molecule has 0 aliphatic carbocycles. The average molecular weight is 304 g/mol. The van der Waals surface area contributed by atoms with Gasteiger partial charge in [-0.05, 0) is 62.5 Å². The molecule has 4 nitrogen and oxygen atoms in total. The van der Waals surface area contributed by atoms with Gasteiger partial charge in [-0.15, -0.1) is 0 Å². The van der Waals surface area contributed by atoms with Crippen molar-refractivity contribution in [2.24, 2.45) is 5.92 Å². The van der Waals surface area contributed by atoms with Crippen molar-refractivity contribution in [2.75, 3.05) is 38.7 Å². The number of methoxy groups -OCH3 is 1. The zero-order chi connectivity index (χ0) is 16.1. The first kappa shape index (κ1) is 16.8. The third-order valence-corrected chi connectivity index (χ3v) is 4.20. The number of carbonyl (C=O) groups is 1. The molecular formula is C18H28N2O2. The van der Waals surface area contributed by atoms with Crippen LogP contribution in [0.5, 0.6) is 5.75 Å². The summed E-state index contributed by atoms with van der Waals surface area (Å²) in [5.74, 6) is 1.72. The Balaban J connectivity index is 2.03. The molecule has 2 rings (SSSR count). The Labute approximate surface area is 134 Å². The summed E-state index contributed by atoms with van der Waals surface area (Å²) < 4.78 is 5.28. The van der Waals surface area contributed by atoms with Crippen molar-refractivity contribution in [1.29, 1.82) is 0 Å². The Morgan fingerprint density at radius 2 is 2.18 bits per heavy atom. The summed E-state index contributed by atoms with van der Waals surface area (Å²) in [4.78, 5) is 16.7. The van der Waals surface area contributed by atoms with Crippen LogP contribution in [-0.2, 0) is 11.2 Å². The average Bonchev–Trinajstić information content (AvgIpc) is 2.51. The van der Waals surface area contributed by atoms with Crippen LogP contribution in [0.4, 0.5) is 5.69 Å². The zero-order valence-corrected chi connectivity index (χ0v) is 14.3. The second-order valence-corrected chi connectivity index (χ2v) is 6.56. The number of aryl methyl sites for hydroxylation is 1. The minimum absolute atomic E-state index is 0.192. The van der Waals surface area contributed by atoms with Crippen molar-refractivity contribution in [3.8, 4) is 5.75 Å². The van der Waals surface area contributed by atoms with Gasteiger partial charge >= 0.3 is 0 Å². The molecule has 0 saturated carbocycles. The van der Waals surface area contributed by atoms with Gasteiger partial charge in [0.1, 0.15) is 5.75 Å². The third-order valence-electron chi connectivity index (χ3n) is 4.20. The Morgan fingerprint density at radius 1 is 1.41 bits per heavy atom. The number of ether oxygens (including phenoxy) is 1. The molecule has 122 valence electrons. The fourth-order valence-electron chi connectivity index (χ4n) is 2.83. The van der Waals surface area contributed by atoms with Crippen LogP contribution in [0.1, 0.15) is 32.3 Å². The normalized spacial score (nSPS) is 14.4. The Hall–Kier alpha value is -1.55. The second-order valence-electron chi connectivity index (χ2n) is 6.56. The lowest BCUT2D eigenvalue weighted by Crippen LogP contribution is -2.42. The molecule has 0 N–H and O–H groups in total. The van der Waals surface area contributed by atoms with Gasteiger partial charge in [0.05, 0.1) is 13.7 Å². The fourth-order valence-corrected chi connectivity index (χ4v) is 2.83. The van der Waals surface area contributed by atoms with E-state index in [4.69, 9.17) is 4.74 Å². The molecule has 4 heteroatoms. The predicted octanol–water partition coefficient (Wildman–Crippen LogP) is 2.95. The SMILES string of the molecule is COc1ccc2c(c1)CCCN2C(=O)CN(C)CCC(C)C. The highest BCUT2D eigenvalue weighted by atomic mass is 16.5. The molecule has 1 aliphatic rings. The summed E-state index contributed by atoms with van der Waals surface area (Å²) in [7, 11) is 3.70. The molecule has 1 amide bonds. The van der Waals surface area contributed by atoms with E-state index in [1.165, 1.54) is 5.56 Å². The molecule has 0 fully saturated rings. The number of likely N-dealkylation sites (N-methyl/N-ethyl adjacent to an activating group) is 1. The van der Waals surface area contributed by atoms with Crippen LogP contribution in [-0.4, -0.2) is 44.6 Å². The first-order chi connectivity index (χ1) is 10.5. The van der Waals surface area contributed by atoms with Crippen molar-refractivity contribution < 1.29 is 9.53 Å². The largest absolute Gasteiger partial charge is 0.497 e. The van der Waals surface area contributed by atoms with E-state index in [1.807, 2.05) is 24.1 Å². The number of anilines is 1. The maximum atomic E-state index is 12.6. The molecule has 1 aliphatic heterocycles. The van der Waals surface area contributed by atoms with Crippen molar-refractivity contribution in [2.45, 2.75) is 33.1 Å². The summed E-state index contributed by atoms with van der Waals surface area (Å²) in [5, 5.41) is 0. The fraction of sp³-hybridized carbons (Fsp3) is 0.611. The summed E-state index contributed by atoms with van der Waals surface area (Å²) in [5.41, 5.74) is 2.26. The van der Waals surface area contributed by atoms with Crippen LogP contribution < -0.4 is 9.64 Å². The minimum atomic E-state index is 0.192. The topological polar surface area (TPSA) is 32.8 Å². The van der Waals surface area contributed by atoms with Crippen LogP contribution in [0, 0.1) is 5.92 Å². The van der Waals surface area contributed by atoms with E-state index in [-0.39, 0.29) is 5.91 Å². The molecule has 0 unspecified atom stereocenters. The highest BCUT2D eigenvalue weighted by molar-refractivity contribution is 5.96. The number of benzene rings is 1. The summed E-state index contributed by atoms with van der Waals surface area (Å²) in [6, 6.07) is 6.00. The Bertz CT molecular complexity index is 514. The summed E-state index contributed by atoms with van der Waals surface area (Å²) in [6.45, 7) is 6.69. The van der Waals surface area contributed by atoms with Gasteiger partial charge in [-0.3, -0.25) is 9.69 Å². The van der Waals surface area contributed by atoms with Crippen LogP contribution in [0.25, 0.3) is 0 Å². The molecule has 1 heterocycles. The second kappa shape index (κ2) is 7.63. The molecule has 0 atom stereocenters. The number of amides is 1. The lowest BCUT2D eigenvalue weighted by atomic mass is 10.0. The van der Waals surface area contributed by atoms with E-state index in [2.05, 4.69) is 24.8 Å². The first-order valence-electron chi connectivity index (χ1n) is 8.17. The Morgan fingerprint density at radius 3 is 2.86 bits per heavy atom. The molecular weight excluding hydrogens is 276 g/mol. The van der Waals surface area contributed by atoms with E-state index >= 15 is 0 Å². The lowest BCUT2D eigenvalue weighted by molar-refractivity contribution is -0.119. The molecule has 0 aromatic heterocycles. The first-order valence-corrected chi connectivity index (χ1v) is 8.17. The standard InChI is InChI=1S/C18H28N2O2/c1-14(2)9-11-19(3)13-18(21)20-10-5-6-15-12-16(22-4)7-8-17(15)20/h7-8,12,14H,5-6,9-11,13H2,1-4H3. The van der Waals surface area contributed by atoms with Gasteiger partial charge in [-0.2, -0.15) is 0 Å². The minimum Gasteiger partial charge on any atom is -0.497 e. The zero-order valence-electron chi connectivity index (χ0n) is 14.3. The quantitative estimate of drug-likeness (QED) is 0.810. The van der Waals surface area contributed by atoms with Crippen molar-refractivity contribution >= 4 is 11.6 Å². The van der Waals surface area contributed by atoms with Gasteiger partial charge in [-0.1, -0.05) is 13.8 Å². The molecule has 0 radical (unpaired) electrons. The smallest absolute Gasteiger partial charge is 0.241 e. The van der Waals surface area contributed by atoms with Crippen LogP contribution in [0.15, 0.2) is 18.2 Å². The molecule has 0 bridgehead atoms. The van der Waals surface area contributed by atoms with Crippen LogP contribution in [0.2, 0.25) is 0 Å². The third kappa shape index (κ3) is 4.23. The van der Waals surface area contributed by atoms with Crippen molar-refractivity contribution in [1.82, 2.24) is 4.90 Å². The monoisotopic (exact) mass is 304 g/mol. The maximum Gasteiger partial charge on any atom is 0.241 e. The maximum absolute atomic E-state index is 12.6. The summed E-state index contributed by atoms with van der Waals surface area (Å²) in [6.07, 6.45) is 3.15. The van der Waals surface area contributed by atoms with E-state index < -0.39 is 0 Å².